The number of para-hydroxylation sites is 1. The number of rotatable bonds is 2. The summed E-state index contributed by atoms with van der Waals surface area (Å²) in [6, 6.07) is 22.0. The maximum atomic E-state index is 6.11. The van der Waals surface area contributed by atoms with Gasteiger partial charge in [-0.15, -0.1) is 0 Å². The molecule has 2 aromatic heterocycles. The second kappa shape index (κ2) is 5.46. The van der Waals surface area contributed by atoms with Gasteiger partial charge >= 0.3 is 0 Å². The van der Waals surface area contributed by atoms with Gasteiger partial charge in [-0.1, -0.05) is 48.0 Å². The molecule has 0 radical (unpaired) electrons. The van der Waals surface area contributed by atoms with Crippen molar-refractivity contribution < 1.29 is 0 Å². The first-order valence-corrected chi connectivity index (χ1v) is 8.35. The maximum absolute atomic E-state index is 6.11. The lowest BCUT2D eigenvalue weighted by molar-refractivity contribution is 1.11. The molecule has 120 valence electrons. The molecule has 0 aliphatic carbocycles. The fraction of sp³-hybridized carbons (Fsp3) is 0. The number of hydrogen-bond donors (Lipinski definition) is 2. The van der Waals surface area contributed by atoms with Crippen molar-refractivity contribution in [1.82, 2.24) is 20.2 Å². The molecule has 0 atom stereocenters. The lowest BCUT2D eigenvalue weighted by Gasteiger charge is -2.01. The molecule has 0 aliphatic rings. The molecule has 0 spiro atoms. The molecule has 0 fully saturated rings. The number of imidazole rings is 1. The molecule has 0 saturated heterocycles. The van der Waals surface area contributed by atoms with E-state index in [1.807, 2.05) is 54.6 Å². The molecule has 0 saturated carbocycles. The van der Waals surface area contributed by atoms with E-state index in [-0.39, 0.29) is 0 Å². The van der Waals surface area contributed by atoms with Crippen molar-refractivity contribution in [2.24, 2.45) is 0 Å². The van der Waals surface area contributed by atoms with Crippen LogP contribution in [0.3, 0.4) is 0 Å². The van der Waals surface area contributed by atoms with Crippen LogP contribution in [0.2, 0.25) is 5.02 Å². The Morgan fingerprint density at radius 3 is 2.60 bits per heavy atom. The largest absolute Gasteiger partial charge is 0.337 e. The van der Waals surface area contributed by atoms with E-state index in [0.29, 0.717) is 0 Å². The zero-order valence-electron chi connectivity index (χ0n) is 13.1. The van der Waals surface area contributed by atoms with Gasteiger partial charge in [-0.05, 0) is 41.5 Å². The van der Waals surface area contributed by atoms with Crippen molar-refractivity contribution in [3.8, 4) is 22.6 Å². The van der Waals surface area contributed by atoms with Crippen LogP contribution in [0.4, 0.5) is 0 Å². The Kier molecular flexibility index (Phi) is 3.11. The van der Waals surface area contributed by atoms with E-state index in [0.717, 1.165) is 49.6 Å². The summed E-state index contributed by atoms with van der Waals surface area (Å²) in [5, 5.41) is 9.25. The predicted molar refractivity (Wildman–Crippen MR) is 102 cm³/mol. The van der Waals surface area contributed by atoms with Gasteiger partial charge < -0.3 is 4.98 Å². The quantitative estimate of drug-likeness (QED) is 0.449. The van der Waals surface area contributed by atoms with Crippen LogP contribution in [0, 0.1) is 0 Å². The summed E-state index contributed by atoms with van der Waals surface area (Å²) in [4.78, 5) is 8.08. The van der Waals surface area contributed by atoms with Gasteiger partial charge in [0.15, 0.2) is 5.82 Å². The van der Waals surface area contributed by atoms with E-state index >= 15 is 0 Å². The monoisotopic (exact) mass is 344 g/mol. The highest BCUT2D eigenvalue weighted by atomic mass is 35.5. The summed E-state index contributed by atoms with van der Waals surface area (Å²) in [7, 11) is 0. The molecule has 0 aliphatic heterocycles. The van der Waals surface area contributed by atoms with Gasteiger partial charge in [0.05, 0.1) is 16.6 Å². The van der Waals surface area contributed by atoms with Crippen LogP contribution in [-0.2, 0) is 0 Å². The number of hydrogen-bond acceptors (Lipinski definition) is 2. The predicted octanol–water partition coefficient (Wildman–Crippen LogP) is 5.43. The second-order valence-electron chi connectivity index (χ2n) is 5.95. The Labute approximate surface area is 148 Å². The molecule has 0 bridgehead atoms. The van der Waals surface area contributed by atoms with Gasteiger partial charge in [0.25, 0.3) is 0 Å². The van der Waals surface area contributed by atoms with Gasteiger partial charge in [-0.25, -0.2) is 4.98 Å². The molecule has 4 nitrogen and oxygen atoms in total. The van der Waals surface area contributed by atoms with Crippen molar-refractivity contribution in [3.63, 3.8) is 0 Å². The second-order valence-corrected chi connectivity index (χ2v) is 6.38. The molecule has 0 amide bonds. The Morgan fingerprint density at radius 1 is 0.800 bits per heavy atom. The Morgan fingerprint density at radius 2 is 1.68 bits per heavy atom. The smallest absolute Gasteiger partial charge is 0.159 e. The van der Waals surface area contributed by atoms with Gasteiger partial charge in [-0.3, -0.25) is 5.10 Å². The van der Waals surface area contributed by atoms with Gasteiger partial charge in [0.1, 0.15) is 5.69 Å². The van der Waals surface area contributed by atoms with E-state index < -0.39 is 0 Å². The normalized spacial score (nSPS) is 11.4. The summed E-state index contributed by atoms with van der Waals surface area (Å²) in [5.41, 5.74) is 5.88. The molecular formula is C20H13ClN4. The molecule has 5 aromatic rings. The number of H-pyrrole nitrogens is 2. The van der Waals surface area contributed by atoms with Gasteiger partial charge in [0, 0.05) is 10.4 Å². The van der Waals surface area contributed by atoms with Crippen LogP contribution in [0.5, 0.6) is 0 Å². The summed E-state index contributed by atoms with van der Waals surface area (Å²) in [6.45, 7) is 0. The van der Waals surface area contributed by atoms with Crippen LogP contribution in [0.15, 0.2) is 66.7 Å². The van der Waals surface area contributed by atoms with E-state index in [4.69, 9.17) is 16.6 Å². The fourth-order valence-corrected chi connectivity index (χ4v) is 3.30. The van der Waals surface area contributed by atoms with E-state index in [9.17, 15) is 0 Å². The highest BCUT2D eigenvalue weighted by Gasteiger charge is 2.12. The first-order chi connectivity index (χ1) is 12.3. The zero-order valence-corrected chi connectivity index (χ0v) is 13.9. The summed E-state index contributed by atoms with van der Waals surface area (Å²) in [5.74, 6) is 0.760. The number of halogens is 1. The van der Waals surface area contributed by atoms with Crippen LogP contribution in [0.1, 0.15) is 0 Å². The number of fused-ring (bicyclic) bond motifs is 2. The fourth-order valence-electron chi connectivity index (χ4n) is 3.11. The third-order valence-corrected chi connectivity index (χ3v) is 4.57. The van der Waals surface area contributed by atoms with Gasteiger partial charge in [0.2, 0.25) is 0 Å². The highest BCUT2D eigenvalue weighted by molar-refractivity contribution is 6.30. The van der Waals surface area contributed by atoms with Crippen molar-refractivity contribution in [2.45, 2.75) is 0 Å². The van der Waals surface area contributed by atoms with Crippen molar-refractivity contribution in [1.29, 1.82) is 0 Å². The first-order valence-electron chi connectivity index (χ1n) is 7.97. The minimum absolute atomic E-state index is 0.728. The molecule has 0 unspecified atom stereocenters. The third kappa shape index (κ3) is 2.39. The summed E-state index contributed by atoms with van der Waals surface area (Å²) >= 11 is 6.11. The summed E-state index contributed by atoms with van der Waals surface area (Å²) in [6.07, 6.45) is 0. The minimum Gasteiger partial charge on any atom is -0.337 e. The molecule has 2 heterocycles. The van der Waals surface area contributed by atoms with Crippen LogP contribution >= 0.6 is 11.6 Å². The standard InChI is InChI=1S/C20H13ClN4/c21-14-5-3-4-12(10-14)13-8-9-17-18(11-13)23-20(22-17)19-15-6-1-2-7-16(15)24-25-19/h1-11H,(H,22,23)(H,24,25). The average Bonchev–Trinajstić information content (AvgIpc) is 3.24. The number of aromatic nitrogens is 4. The maximum Gasteiger partial charge on any atom is 0.159 e. The topological polar surface area (TPSA) is 57.4 Å². The number of nitrogens with zero attached hydrogens (tertiary/aromatic N) is 2. The minimum atomic E-state index is 0.728. The Bertz CT molecular complexity index is 1220. The molecule has 5 heteroatoms. The van der Waals surface area contributed by atoms with Gasteiger partial charge in [-0.2, -0.15) is 5.10 Å². The van der Waals surface area contributed by atoms with Crippen LogP contribution in [-0.4, -0.2) is 20.2 Å². The first kappa shape index (κ1) is 14.3. The SMILES string of the molecule is Clc1cccc(-c2ccc3nc(-c4n[nH]c5ccccc45)[nH]c3c2)c1. The molecule has 5 rings (SSSR count). The van der Waals surface area contributed by atoms with Crippen molar-refractivity contribution >= 4 is 33.5 Å². The molecule has 2 N–H and O–H groups in total. The Hall–Kier alpha value is -3.11. The lowest BCUT2D eigenvalue weighted by Crippen LogP contribution is -1.80. The average molecular weight is 345 g/mol. The number of benzene rings is 3. The highest BCUT2D eigenvalue weighted by Crippen LogP contribution is 2.29. The number of nitrogens with one attached hydrogen (secondary N) is 2. The third-order valence-electron chi connectivity index (χ3n) is 4.33. The molecular weight excluding hydrogens is 332 g/mol. The van der Waals surface area contributed by atoms with E-state index in [2.05, 4.69) is 27.3 Å². The molecule has 25 heavy (non-hydrogen) atoms. The Balaban J connectivity index is 1.65. The zero-order chi connectivity index (χ0) is 16.8. The number of aromatic amines is 2. The van der Waals surface area contributed by atoms with Crippen LogP contribution in [0.25, 0.3) is 44.6 Å². The molecule has 3 aromatic carbocycles. The van der Waals surface area contributed by atoms with Crippen molar-refractivity contribution in [2.75, 3.05) is 0 Å². The summed E-state index contributed by atoms with van der Waals surface area (Å²) < 4.78 is 0. The van der Waals surface area contributed by atoms with Crippen molar-refractivity contribution in [3.05, 3.63) is 71.8 Å². The lowest BCUT2D eigenvalue weighted by atomic mass is 10.1. The van der Waals surface area contributed by atoms with Crippen LogP contribution < -0.4 is 0 Å². The van der Waals surface area contributed by atoms with E-state index in [1.54, 1.807) is 0 Å². The van der Waals surface area contributed by atoms with E-state index in [1.165, 1.54) is 0 Å².